The fourth-order valence-electron chi connectivity index (χ4n) is 2.98. The molecule has 1 N–H and O–H groups in total. The smallest absolute Gasteiger partial charge is 0.471 e. The Morgan fingerprint density at radius 1 is 1.32 bits per heavy atom. The van der Waals surface area contributed by atoms with E-state index in [1.54, 1.807) is 24.3 Å². The van der Waals surface area contributed by atoms with Crippen molar-refractivity contribution in [2.45, 2.75) is 31.6 Å². The molecule has 11 heteroatoms. The molecule has 0 aliphatic carbocycles. The highest BCUT2D eigenvalue weighted by Crippen LogP contribution is 2.28. The molecule has 1 aromatic carbocycles. The van der Waals surface area contributed by atoms with Gasteiger partial charge in [-0.05, 0) is 25.0 Å². The fraction of sp³-hybridized carbons (Fsp3) is 0.412. The first-order valence-electron chi connectivity index (χ1n) is 8.42. The van der Waals surface area contributed by atoms with Crippen molar-refractivity contribution in [3.8, 4) is 17.2 Å². The van der Waals surface area contributed by atoms with Gasteiger partial charge in [0.05, 0.1) is 19.2 Å². The molecule has 1 atom stereocenters. The number of methoxy groups -OCH3 is 1. The van der Waals surface area contributed by atoms with Crippen molar-refractivity contribution in [3.05, 3.63) is 30.2 Å². The highest BCUT2D eigenvalue weighted by Gasteiger charge is 2.47. The summed E-state index contributed by atoms with van der Waals surface area (Å²) in [6.07, 6.45) is -4.54. The third kappa shape index (κ3) is 4.07. The van der Waals surface area contributed by atoms with Gasteiger partial charge in [0, 0.05) is 6.54 Å². The number of alkyl halides is 3. The van der Waals surface area contributed by atoms with Crippen LogP contribution in [0.3, 0.4) is 0 Å². The number of aromatic nitrogens is 2. The van der Waals surface area contributed by atoms with E-state index in [1.807, 2.05) is 0 Å². The minimum atomic E-state index is -5.01. The lowest BCUT2D eigenvalue weighted by Gasteiger charge is -2.24. The molecule has 2 aromatic rings. The third-order valence-electron chi connectivity index (χ3n) is 4.28. The summed E-state index contributed by atoms with van der Waals surface area (Å²) >= 11 is 0. The van der Waals surface area contributed by atoms with Crippen LogP contribution in [0.2, 0.25) is 0 Å². The van der Waals surface area contributed by atoms with Gasteiger partial charge >= 0.3 is 12.1 Å². The Labute approximate surface area is 157 Å². The van der Waals surface area contributed by atoms with Crippen molar-refractivity contribution in [3.63, 3.8) is 0 Å². The SMILES string of the molecule is COc1ccccc1-c1nnc(CNC(=O)C2CCCN2C(=O)C(F)(F)F)o1. The van der Waals surface area contributed by atoms with E-state index in [9.17, 15) is 22.8 Å². The zero-order valence-electron chi connectivity index (χ0n) is 14.8. The van der Waals surface area contributed by atoms with Crippen LogP contribution in [0.4, 0.5) is 13.2 Å². The lowest BCUT2D eigenvalue weighted by molar-refractivity contribution is -0.186. The van der Waals surface area contributed by atoms with Crippen LogP contribution in [0, 0.1) is 0 Å². The number of hydrogen-bond acceptors (Lipinski definition) is 6. The predicted octanol–water partition coefficient (Wildman–Crippen LogP) is 1.91. The van der Waals surface area contributed by atoms with Gasteiger partial charge in [0.2, 0.25) is 11.8 Å². The first kappa shape index (κ1) is 19.6. The normalized spacial score (nSPS) is 16.9. The number of carbonyl (C=O) groups is 2. The second-order valence-electron chi connectivity index (χ2n) is 6.07. The van der Waals surface area contributed by atoms with Crippen LogP contribution in [0.15, 0.2) is 28.7 Å². The maximum absolute atomic E-state index is 12.6. The molecule has 8 nitrogen and oxygen atoms in total. The van der Waals surface area contributed by atoms with Crippen molar-refractivity contribution in [2.75, 3.05) is 13.7 Å². The molecular formula is C17H17F3N4O4. The first-order valence-corrected chi connectivity index (χ1v) is 8.42. The lowest BCUT2D eigenvalue weighted by Crippen LogP contribution is -2.50. The topological polar surface area (TPSA) is 97.6 Å². The summed E-state index contributed by atoms with van der Waals surface area (Å²) in [5.41, 5.74) is 0.563. The highest BCUT2D eigenvalue weighted by atomic mass is 19.4. The molecule has 28 heavy (non-hydrogen) atoms. The quantitative estimate of drug-likeness (QED) is 0.827. The number of halogens is 3. The predicted molar refractivity (Wildman–Crippen MR) is 88.9 cm³/mol. The summed E-state index contributed by atoms with van der Waals surface area (Å²) in [4.78, 5) is 24.2. The molecule has 1 aliphatic heterocycles. The Kier molecular flexibility index (Phi) is 5.52. The molecule has 1 aliphatic rings. The summed E-state index contributed by atoms with van der Waals surface area (Å²) in [6.45, 7) is -0.291. The number of carbonyl (C=O) groups excluding carboxylic acids is 2. The number of nitrogens with zero attached hydrogens (tertiary/aromatic N) is 3. The second-order valence-corrected chi connectivity index (χ2v) is 6.07. The molecule has 1 aromatic heterocycles. The fourth-order valence-corrected chi connectivity index (χ4v) is 2.98. The van der Waals surface area contributed by atoms with Crippen LogP contribution < -0.4 is 10.1 Å². The van der Waals surface area contributed by atoms with Crippen molar-refractivity contribution in [1.29, 1.82) is 0 Å². The van der Waals surface area contributed by atoms with Gasteiger partial charge in [-0.3, -0.25) is 9.59 Å². The molecule has 1 unspecified atom stereocenters. The van der Waals surface area contributed by atoms with Crippen molar-refractivity contribution in [1.82, 2.24) is 20.4 Å². The van der Waals surface area contributed by atoms with Crippen LogP contribution in [0.1, 0.15) is 18.7 Å². The van der Waals surface area contributed by atoms with Gasteiger partial charge in [-0.25, -0.2) is 0 Å². The van der Waals surface area contributed by atoms with Crippen LogP contribution in [-0.4, -0.2) is 52.8 Å². The number of likely N-dealkylation sites (tertiary alicyclic amines) is 1. The first-order chi connectivity index (χ1) is 13.3. The number of hydrogen-bond donors (Lipinski definition) is 1. The second kappa shape index (κ2) is 7.87. The maximum atomic E-state index is 12.6. The van der Waals surface area contributed by atoms with E-state index < -0.39 is 24.0 Å². The highest BCUT2D eigenvalue weighted by molar-refractivity contribution is 5.90. The molecule has 1 saturated heterocycles. The standard InChI is InChI=1S/C17H17F3N4O4/c1-27-12-7-3-2-5-10(12)15-23-22-13(28-15)9-21-14(25)11-6-4-8-24(11)16(26)17(18,19)20/h2-3,5,7,11H,4,6,8-9H2,1H3,(H,21,25). The number of benzene rings is 1. The molecule has 2 amide bonds. The maximum Gasteiger partial charge on any atom is 0.471 e. The Bertz CT molecular complexity index is 868. The van der Waals surface area contributed by atoms with E-state index in [1.165, 1.54) is 7.11 Å². The molecule has 1 fully saturated rings. The number of para-hydroxylation sites is 1. The van der Waals surface area contributed by atoms with E-state index in [2.05, 4.69) is 15.5 Å². The molecule has 0 spiro atoms. The summed E-state index contributed by atoms with van der Waals surface area (Å²) in [5.74, 6) is -1.94. The number of rotatable bonds is 5. The third-order valence-corrected chi connectivity index (χ3v) is 4.28. The zero-order chi connectivity index (χ0) is 20.3. The van der Waals surface area contributed by atoms with Gasteiger partial charge in [0.1, 0.15) is 11.8 Å². The van der Waals surface area contributed by atoms with Crippen molar-refractivity contribution < 1.29 is 31.9 Å². The van der Waals surface area contributed by atoms with E-state index in [0.717, 1.165) is 0 Å². The summed E-state index contributed by atoms with van der Waals surface area (Å²) in [7, 11) is 1.49. The Hall–Kier alpha value is -3.11. The molecule has 0 bridgehead atoms. The Morgan fingerprint density at radius 2 is 2.07 bits per heavy atom. The molecule has 3 rings (SSSR count). The minimum Gasteiger partial charge on any atom is -0.496 e. The summed E-state index contributed by atoms with van der Waals surface area (Å²) in [5, 5.41) is 10.1. The molecule has 0 saturated carbocycles. The number of nitrogens with one attached hydrogen (secondary N) is 1. The largest absolute Gasteiger partial charge is 0.496 e. The van der Waals surface area contributed by atoms with E-state index in [0.29, 0.717) is 22.6 Å². The van der Waals surface area contributed by atoms with Gasteiger partial charge in [-0.1, -0.05) is 12.1 Å². The van der Waals surface area contributed by atoms with Crippen molar-refractivity contribution in [2.24, 2.45) is 0 Å². The minimum absolute atomic E-state index is 0.0703. The number of ether oxygens (including phenoxy) is 1. The van der Waals surface area contributed by atoms with Gasteiger partial charge in [0.15, 0.2) is 0 Å². The van der Waals surface area contributed by atoms with Gasteiger partial charge < -0.3 is 19.4 Å². The van der Waals surface area contributed by atoms with E-state index in [4.69, 9.17) is 9.15 Å². The van der Waals surface area contributed by atoms with Crippen LogP contribution in [0.25, 0.3) is 11.5 Å². The monoisotopic (exact) mass is 398 g/mol. The van der Waals surface area contributed by atoms with Gasteiger partial charge in [-0.15, -0.1) is 10.2 Å². The van der Waals surface area contributed by atoms with Gasteiger partial charge in [-0.2, -0.15) is 13.2 Å². The molecule has 2 heterocycles. The van der Waals surface area contributed by atoms with Crippen LogP contribution >= 0.6 is 0 Å². The average Bonchev–Trinajstić information content (AvgIpc) is 3.34. The molecular weight excluding hydrogens is 381 g/mol. The van der Waals surface area contributed by atoms with E-state index >= 15 is 0 Å². The molecule has 0 radical (unpaired) electrons. The Balaban J connectivity index is 1.64. The summed E-state index contributed by atoms with van der Waals surface area (Å²) in [6, 6.07) is 5.79. The lowest BCUT2D eigenvalue weighted by atomic mass is 10.2. The zero-order valence-corrected chi connectivity index (χ0v) is 14.8. The van der Waals surface area contributed by atoms with E-state index in [-0.39, 0.29) is 31.3 Å². The number of amides is 2. The Morgan fingerprint density at radius 3 is 2.79 bits per heavy atom. The molecule has 150 valence electrons. The van der Waals surface area contributed by atoms with Crippen LogP contribution in [-0.2, 0) is 16.1 Å². The van der Waals surface area contributed by atoms with Crippen LogP contribution in [0.5, 0.6) is 5.75 Å². The van der Waals surface area contributed by atoms with Crippen molar-refractivity contribution >= 4 is 11.8 Å². The summed E-state index contributed by atoms with van der Waals surface area (Å²) < 4.78 is 48.6. The van der Waals surface area contributed by atoms with Gasteiger partial charge in [0.25, 0.3) is 5.89 Å². The average molecular weight is 398 g/mol.